The summed E-state index contributed by atoms with van der Waals surface area (Å²) in [5.41, 5.74) is -2.57. The second-order valence-corrected chi connectivity index (χ2v) is 5.22. The van der Waals surface area contributed by atoms with E-state index in [9.17, 15) is 19.8 Å². The molecule has 0 aromatic carbocycles. The van der Waals surface area contributed by atoms with E-state index in [1.54, 1.807) is 6.07 Å². The first-order valence-electron chi connectivity index (χ1n) is 5.80. The number of carbonyl (C=O) groups is 2. The molecule has 0 amide bonds. The second kappa shape index (κ2) is 5.57. The van der Waals surface area contributed by atoms with Crippen molar-refractivity contribution >= 4 is 23.5 Å². The first-order chi connectivity index (χ1) is 9.44. The average molecular weight is 302 g/mol. The lowest BCUT2D eigenvalue weighted by Crippen LogP contribution is -2.43. The van der Waals surface area contributed by atoms with Crippen LogP contribution in [-0.2, 0) is 25.7 Å². The summed E-state index contributed by atoms with van der Waals surface area (Å²) in [5, 5.41) is 28.5. The standard InChI is InChI=1S/C12H14O7S/c1-20-5-6-2-3-8(18-6)12(17)10(15)9(7(14)4-13)19-11(12)16/h2-3,7,9,13-14,17H,4-5H2,1H3. The topological polar surface area (TPSA) is 117 Å². The van der Waals surface area contributed by atoms with Crippen LogP contribution >= 0.6 is 11.8 Å². The van der Waals surface area contributed by atoms with E-state index in [1.165, 1.54) is 17.8 Å². The molecular weight excluding hydrogens is 288 g/mol. The Morgan fingerprint density at radius 2 is 2.15 bits per heavy atom. The third kappa shape index (κ3) is 2.24. The lowest BCUT2D eigenvalue weighted by Gasteiger charge is -2.14. The highest BCUT2D eigenvalue weighted by molar-refractivity contribution is 7.97. The molecule has 7 nitrogen and oxygen atoms in total. The Morgan fingerprint density at radius 1 is 1.45 bits per heavy atom. The third-order valence-corrected chi connectivity index (χ3v) is 3.56. The molecule has 3 atom stereocenters. The van der Waals surface area contributed by atoms with Crippen LogP contribution in [0.5, 0.6) is 0 Å². The van der Waals surface area contributed by atoms with E-state index < -0.39 is 36.2 Å². The predicted octanol–water partition coefficient (Wildman–Crippen LogP) is -0.822. The lowest BCUT2D eigenvalue weighted by atomic mass is 9.93. The van der Waals surface area contributed by atoms with Crippen LogP contribution in [0.4, 0.5) is 0 Å². The molecule has 0 aliphatic carbocycles. The fraction of sp³-hybridized carbons (Fsp3) is 0.500. The molecule has 0 saturated carbocycles. The van der Waals surface area contributed by atoms with Crippen molar-refractivity contribution in [1.82, 2.24) is 0 Å². The number of aliphatic hydroxyl groups is 3. The number of ketones is 1. The van der Waals surface area contributed by atoms with Gasteiger partial charge in [-0.05, 0) is 18.4 Å². The predicted molar refractivity (Wildman–Crippen MR) is 67.8 cm³/mol. The van der Waals surface area contributed by atoms with Gasteiger partial charge in [0.25, 0.3) is 5.60 Å². The highest BCUT2D eigenvalue weighted by Gasteiger charge is 2.61. The second-order valence-electron chi connectivity index (χ2n) is 4.35. The minimum atomic E-state index is -2.57. The van der Waals surface area contributed by atoms with E-state index in [-0.39, 0.29) is 5.76 Å². The molecule has 1 aromatic heterocycles. The van der Waals surface area contributed by atoms with Gasteiger partial charge >= 0.3 is 5.97 Å². The van der Waals surface area contributed by atoms with E-state index >= 15 is 0 Å². The Labute approximate surface area is 118 Å². The van der Waals surface area contributed by atoms with E-state index in [2.05, 4.69) is 4.74 Å². The summed E-state index contributed by atoms with van der Waals surface area (Å²) >= 11 is 1.47. The smallest absolute Gasteiger partial charge is 0.355 e. The third-order valence-electron chi connectivity index (χ3n) is 2.99. The van der Waals surface area contributed by atoms with Crippen molar-refractivity contribution in [3.63, 3.8) is 0 Å². The Morgan fingerprint density at radius 3 is 2.75 bits per heavy atom. The number of ether oxygens (including phenoxy) is 1. The van der Waals surface area contributed by atoms with Crippen molar-refractivity contribution in [1.29, 1.82) is 0 Å². The number of thioether (sulfide) groups is 1. The maximum absolute atomic E-state index is 12.1. The average Bonchev–Trinajstić information content (AvgIpc) is 2.98. The Bertz CT molecular complexity index is 526. The number of rotatable bonds is 5. The van der Waals surface area contributed by atoms with Crippen LogP contribution in [0.1, 0.15) is 11.5 Å². The zero-order chi connectivity index (χ0) is 14.9. The van der Waals surface area contributed by atoms with Crippen molar-refractivity contribution in [3.05, 3.63) is 23.7 Å². The van der Waals surface area contributed by atoms with Gasteiger partial charge < -0.3 is 24.5 Å². The maximum Gasteiger partial charge on any atom is 0.355 e. The number of furan rings is 1. The van der Waals surface area contributed by atoms with Gasteiger partial charge in [0.1, 0.15) is 11.9 Å². The molecule has 0 radical (unpaired) electrons. The minimum Gasteiger partial charge on any atom is -0.461 e. The highest BCUT2D eigenvalue weighted by atomic mass is 32.2. The van der Waals surface area contributed by atoms with Crippen molar-refractivity contribution < 1.29 is 34.1 Å². The summed E-state index contributed by atoms with van der Waals surface area (Å²) in [7, 11) is 0. The first-order valence-corrected chi connectivity index (χ1v) is 7.19. The molecule has 1 saturated heterocycles. The molecule has 8 heteroatoms. The molecule has 20 heavy (non-hydrogen) atoms. The van der Waals surface area contributed by atoms with Gasteiger partial charge in [0, 0.05) is 0 Å². The van der Waals surface area contributed by atoms with Crippen LogP contribution in [0.3, 0.4) is 0 Å². The molecule has 2 rings (SSSR count). The van der Waals surface area contributed by atoms with Gasteiger partial charge in [-0.15, -0.1) is 0 Å². The lowest BCUT2D eigenvalue weighted by molar-refractivity contribution is -0.160. The molecule has 1 aliphatic rings. The Balaban J connectivity index is 2.32. The summed E-state index contributed by atoms with van der Waals surface area (Å²) in [6.07, 6.45) is -1.34. The summed E-state index contributed by atoms with van der Waals surface area (Å²) in [4.78, 5) is 23.8. The fourth-order valence-electron chi connectivity index (χ4n) is 1.92. The summed E-state index contributed by atoms with van der Waals surface area (Å²) in [6, 6.07) is 2.86. The van der Waals surface area contributed by atoms with Crippen molar-refractivity contribution in [3.8, 4) is 0 Å². The number of hydrogen-bond donors (Lipinski definition) is 3. The summed E-state index contributed by atoms with van der Waals surface area (Å²) < 4.78 is 9.93. The normalized spacial score (nSPS) is 27.7. The molecule has 3 unspecified atom stereocenters. The van der Waals surface area contributed by atoms with Crippen LogP contribution in [0.15, 0.2) is 16.5 Å². The zero-order valence-corrected chi connectivity index (χ0v) is 11.4. The van der Waals surface area contributed by atoms with Crippen LogP contribution in [0, 0.1) is 0 Å². The molecule has 2 heterocycles. The molecule has 0 spiro atoms. The first kappa shape index (κ1) is 15.0. The number of aliphatic hydroxyl groups excluding tert-OH is 2. The van der Waals surface area contributed by atoms with Gasteiger partial charge in [-0.25, -0.2) is 4.79 Å². The van der Waals surface area contributed by atoms with Gasteiger partial charge in [0.05, 0.1) is 12.4 Å². The van der Waals surface area contributed by atoms with Crippen molar-refractivity contribution in [2.45, 2.75) is 23.6 Å². The SMILES string of the molecule is CSCc1ccc(C2(O)C(=O)OC(C(O)CO)C2=O)o1. The highest BCUT2D eigenvalue weighted by Crippen LogP contribution is 2.34. The zero-order valence-electron chi connectivity index (χ0n) is 10.6. The molecule has 1 fully saturated rings. The maximum atomic E-state index is 12.1. The van der Waals surface area contributed by atoms with Crippen LogP contribution in [0.25, 0.3) is 0 Å². The molecular formula is C12H14O7S. The number of hydrogen-bond acceptors (Lipinski definition) is 8. The van der Waals surface area contributed by atoms with E-state index in [1.807, 2.05) is 6.26 Å². The Hall–Kier alpha value is -1.35. The summed E-state index contributed by atoms with van der Waals surface area (Å²) in [6.45, 7) is -0.768. The van der Waals surface area contributed by atoms with Crippen molar-refractivity contribution in [2.75, 3.05) is 12.9 Å². The van der Waals surface area contributed by atoms with Crippen LogP contribution in [0.2, 0.25) is 0 Å². The van der Waals surface area contributed by atoms with Crippen molar-refractivity contribution in [2.24, 2.45) is 0 Å². The van der Waals surface area contributed by atoms with Gasteiger partial charge in [-0.1, -0.05) is 0 Å². The van der Waals surface area contributed by atoms with Gasteiger partial charge in [-0.2, -0.15) is 11.8 Å². The number of carbonyl (C=O) groups excluding carboxylic acids is 2. The van der Waals surface area contributed by atoms with E-state index in [4.69, 9.17) is 9.52 Å². The molecule has 1 aromatic rings. The Kier molecular flexibility index (Phi) is 4.19. The largest absolute Gasteiger partial charge is 0.461 e. The molecule has 3 N–H and O–H groups in total. The molecule has 1 aliphatic heterocycles. The van der Waals surface area contributed by atoms with Gasteiger partial charge in [0.2, 0.25) is 5.78 Å². The quantitative estimate of drug-likeness (QED) is 0.477. The number of esters is 1. The molecule has 0 bridgehead atoms. The summed E-state index contributed by atoms with van der Waals surface area (Å²) in [5.74, 6) is -1.50. The number of Topliss-reactive ketones (excluding diaryl/α,β-unsaturated/α-hetero) is 1. The fourth-order valence-corrected chi connectivity index (χ4v) is 2.36. The van der Waals surface area contributed by atoms with Crippen LogP contribution < -0.4 is 0 Å². The monoisotopic (exact) mass is 302 g/mol. The van der Waals surface area contributed by atoms with Crippen LogP contribution in [-0.4, -0.2) is 52.1 Å². The van der Waals surface area contributed by atoms with Gasteiger partial charge in [-0.3, -0.25) is 4.79 Å². The van der Waals surface area contributed by atoms with E-state index in [0.717, 1.165) is 0 Å². The number of cyclic esters (lactones) is 1. The van der Waals surface area contributed by atoms with Gasteiger partial charge in [0.15, 0.2) is 11.9 Å². The van der Waals surface area contributed by atoms with E-state index in [0.29, 0.717) is 11.5 Å². The molecule has 110 valence electrons. The minimum absolute atomic E-state index is 0.246.